The fourth-order valence-electron chi connectivity index (χ4n) is 1.56. The van der Waals surface area contributed by atoms with Crippen molar-refractivity contribution in [1.29, 1.82) is 0 Å². The number of halogens is 1. The Morgan fingerprint density at radius 2 is 2.26 bits per heavy atom. The molecule has 0 spiro atoms. The van der Waals surface area contributed by atoms with Crippen molar-refractivity contribution < 1.29 is 19.4 Å². The third kappa shape index (κ3) is 2.60. The molecule has 2 rings (SSSR count). The highest BCUT2D eigenvalue weighted by molar-refractivity contribution is 5.88. The molecule has 7 heteroatoms. The van der Waals surface area contributed by atoms with Gasteiger partial charge < -0.3 is 10.2 Å². The van der Waals surface area contributed by atoms with E-state index < -0.39 is 23.5 Å². The minimum absolute atomic E-state index is 0.289. The molecule has 2 aromatic rings. The molecule has 0 saturated heterocycles. The first-order valence-electron chi connectivity index (χ1n) is 5.66. The summed E-state index contributed by atoms with van der Waals surface area (Å²) < 4.78 is 13.5. The monoisotopic (exact) mass is 265 g/mol. The van der Waals surface area contributed by atoms with Gasteiger partial charge in [0, 0.05) is 6.07 Å². The number of benzene rings is 1. The zero-order valence-electron chi connectivity index (χ0n) is 10.1. The van der Waals surface area contributed by atoms with Gasteiger partial charge in [0.2, 0.25) is 0 Å². The second kappa shape index (κ2) is 5.15. The number of aromatic nitrogens is 3. The van der Waals surface area contributed by atoms with E-state index in [-0.39, 0.29) is 5.69 Å². The fourth-order valence-corrected chi connectivity index (χ4v) is 1.56. The van der Waals surface area contributed by atoms with Gasteiger partial charge in [-0.15, -0.1) is 0 Å². The standard InChI is InChI=1S/C12H12FN3O3/c1-2-11(17)10-6-14-16(15-10)7-3-4-8(12(18)19)9(13)5-7/h3-6,11,17H,2H2,1H3,(H,18,19). The normalized spacial score (nSPS) is 12.4. The van der Waals surface area contributed by atoms with Crippen LogP contribution in [0.25, 0.3) is 5.69 Å². The van der Waals surface area contributed by atoms with Crippen LogP contribution in [0.1, 0.15) is 35.5 Å². The van der Waals surface area contributed by atoms with Gasteiger partial charge in [0.25, 0.3) is 0 Å². The van der Waals surface area contributed by atoms with Crippen LogP contribution in [-0.4, -0.2) is 31.2 Å². The van der Waals surface area contributed by atoms with Crippen molar-refractivity contribution in [1.82, 2.24) is 15.0 Å². The van der Waals surface area contributed by atoms with Crippen LogP contribution in [0.3, 0.4) is 0 Å². The van der Waals surface area contributed by atoms with Crippen molar-refractivity contribution in [2.45, 2.75) is 19.4 Å². The van der Waals surface area contributed by atoms with Crippen LogP contribution in [0.4, 0.5) is 4.39 Å². The number of aliphatic hydroxyl groups excluding tert-OH is 1. The summed E-state index contributed by atoms with van der Waals surface area (Å²) in [6.45, 7) is 1.80. The summed E-state index contributed by atoms with van der Waals surface area (Å²) in [5.41, 5.74) is 0.256. The van der Waals surface area contributed by atoms with Crippen molar-refractivity contribution >= 4 is 5.97 Å². The van der Waals surface area contributed by atoms with Gasteiger partial charge in [0.05, 0.1) is 23.6 Å². The topological polar surface area (TPSA) is 88.2 Å². The third-order valence-corrected chi connectivity index (χ3v) is 2.65. The average molecular weight is 265 g/mol. The maximum Gasteiger partial charge on any atom is 0.338 e. The van der Waals surface area contributed by atoms with E-state index in [2.05, 4.69) is 10.2 Å². The second-order valence-corrected chi connectivity index (χ2v) is 3.95. The lowest BCUT2D eigenvalue weighted by molar-refractivity contribution is 0.0692. The Morgan fingerprint density at radius 1 is 1.53 bits per heavy atom. The van der Waals surface area contributed by atoms with Gasteiger partial charge in [0.1, 0.15) is 11.5 Å². The van der Waals surface area contributed by atoms with Gasteiger partial charge in [-0.2, -0.15) is 15.0 Å². The minimum Gasteiger partial charge on any atom is -0.478 e. The molecule has 0 bridgehead atoms. The van der Waals surface area contributed by atoms with Crippen LogP contribution >= 0.6 is 0 Å². The molecule has 1 atom stereocenters. The van der Waals surface area contributed by atoms with Crippen molar-refractivity contribution in [3.05, 3.63) is 41.5 Å². The number of rotatable bonds is 4. The molecular formula is C12H12FN3O3. The van der Waals surface area contributed by atoms with Crippen LogP contribution in [0.15, 0.2) is 24.4 Å². The van der Waals surface area contributed by atoms with Crippen LogP contribution in [0, 0.1) is 5.82 Å². The molecule has 6 nitrogen and oxygen atoms in total. The Morgan fingerprint density at radius 3 is 2.84 bits per heavy atom. The summed E-state index contributed by atoms with van der Waals surface area (Å²) in [6, 6.07) is 3.58. The van der Waals surface area contributed by atoms with Crippen molar-refractivity contribution in [2.75, 3.05) is 0 Å². The smallest absolute Gasteiger partial charge is 0.338 e. The highest BCUT2D eigenvalue weighted by Crippen LogP contribution is 2.16. The van der Waals surface area contributed by atoms with Crippen LogP contribution in [0.5, 0.6) is 0 Å². The van der Waals surface area contributed by atoms with Crippen LogP contribution in [0.2, 0.25) is 0 Å². The molecule has 19 heavy (non-hydrogen) atoms. The first-order valence-corrected chi connectivity index (χ1v) is 5.66. The van der Waals surface area contributed by atoms with Gasteiger partial charge in [-0.1, -0.05) is 6.92 Å². The summed E-state index contributed by atoms with van der Waals surface area (Å²) in [5.74, 6) is -2.19. The predicted molar refractivity (Wildman–Crippen MR) is 63.5 cm³/mol. The van der Waals surface area contributed by atoms with E-state index in [1.54, 1.807) is 6.92 Å². The Labute approximate surface area is 108 Å². The zero-order valence-corrected chi connectivity index (χ0v) is 10.1. The lowest BCUT2D eigenvalue weighted by atomic mass is 10.2. The maximum atomic E-state index is 13.5. The van der Waals surface area contributed by atoms with Gasteiger partial charge in [-0.3, -0.25) is 0 Å². The molecule has 0 aliphatic rings. The van der Waals surface area contributed by atoms with Gasteiger partial charge in [-0.05, 0) is 18.6 Å². The molecule has 1 aromatic heterocycles. The summed E-state index contributed by atoms with van der Waals surface area (Å²) in [7, 11) is 0. The molecule has 0 radical (unpaired) electrons. The van der Waals surface area contributed by atoms with E-state index in [1.165, 1.54) is 12.3 Å². The van der Waals surface area contributed by atoms with Crippen LogP contribution < -0.4 is 0 Å². The molecule has 2 N–H and O–H groups in total. The molecule has 0 amide bonds. The van der Waals surface area contributed by atoms with E-state index in [0.717, 1.165) is 16.9 Å². The maximum absolute atomic E-state index is 13.5. The molecule has 100 valence electrons. The van der Waals surface area contributed by atoms with E-state index in [0.29, 0.717) is 12.1 Å². The van der Waals surface area contributed by atoms with E-state index >= 15 is 0 Å². The Hall–Kier alpha value is -2.28. The number of carbonyl (C=O) groups is 1. The Bertz CT molecular complexity index is 612. The molecule has 1 heterocycles. The van der Waals surface area contributed by atoms with Crippen molar-refractivity contribution in [2.24, 2.45) is 0 Å². The van der Waals surface area contributed by atoms with E-state index in [4.69, 9.17) is 5.11 Å². The minimum atomic E-state index is -1.33. The number of hydrogen-bond acceptors (Lipinski definition) is 4. The molecule has 0 aliphatic heterocycles. The molecular weight excluding hydrogens is 253 g/mol. The van der Waals surface area contributed by atoms with Gasteiger partial charge in [-0.25, -0.2) is 9.18 Å². The van der Waals surface area contributed by atoms with Crippen molar-refractivity contribution in [3.8, 4) is 5.69 Å². The largest absolute Gasteiger partial charge is 0.478 e. The summed E-state index contributed by atoms with van der Waals surface area (Å²) in [6.07, 6.45) is 1.15. The summed E-state index contributed by atoms with van der Waals surface area (Å²) in [4.78, 5) is 11.8. The number of carboxylic acids is 1. The molecule has 0 saturated carbocycles. The molecule has 0 aliphatic carbocycles. The second-order valence-electron chi connectivity index (χ2n) is 3.95. The van der Waals surface area contributed by atoms with Gasteiger partial charge in [0.15, 0.2) is 0 Å². The highest BCUT2D eigenvalue weighted by Gasteiger charge is 2.14. The molecule has 1 unspecified atom stereocenters. The number of carboxylic acid groups (broad SMARTS) is 1. The van der Waals surface area contributed by atoms with Crippen LogP contribution in [-0.2, 0) is 0 Å². The number of aliphatic hydroxyl groups is 1. The lowest BCUT2D eigenvalue weighted by Gasteiger charge is -2.03. The predicted octanol–water partition coefficient (Wildman–Crippen LogP) is 1.55. The van der Waals surface area contributed by atoms with E-state index in [1.807, 2.05) is 0 Å². The lowest BCUT2D eigenvalue weighted by Crippen LogP contribution is -2.05. The number of hydrogen-bond donors (Lipinski definition) is 2. The number of aromatic carboxylic acids is 1. The van der Waals surface area contributed by atoms with E-state index in [9.17, 15) is 14.3 Å². The first-order chi connectivity index (χ1) is 9.02. The third-order valence-electron chi connectivity index (χ3n) is 2.65. The summed E-state index contributed by atoms with van der Waals surface area (Å²) >= 11 is 0. The zero-order chi connectivity index (χ0) is 14.0. The molecule has 1 aromatic carbocycles. The highest BCUT2D eigenvalue weighted by atomic mass is 19.1. The number of nitrogens with zero attached hydrogens (tertiary/aromatic N) is 3. The quantitative estimate of drug-likeness (QED) is 0.875. The Balaban J connectivity index is 2.35. The first kappa shape index (κ1) is 13.2. The van der Waals surface area contributed by atoms with Crippen molar-refractivity contribution in [3.63, 3.8) is 0 Å². The SMILES string of the molecule is CCC(O)c1cnn(-c2ccc(C(=O)O)c(F)c2)n1. The molecule has 0 fully saturated rings. The van der Waals surface area contributed by atoms with Gasteiger partial charge >= 0.3 is 5.97 Å². The summed E-state index contributed by atoms with van der Waals surface area (Å²) in [5, 5.41) is 26.2. The average Bonchev–Trinajstić information content (AvgIpc) is 2.86. The fraction of sp³-hybridized carbons (Fsp3) is 0.250. The Kier molecular flexibility index (Phi) is 3.57.